The third-order valence-electron chi connectivity index (χ3n) is 6.03. The topological polar surface area (TPSA) is 12.9 Å². The van der Waals surface area contributed by atoms with Crippen molar-refractivity contribution in [2.45, 2.75) is 0 Å². The Hall–Kier alpha value is -2.73. The monoisotopic (exact) mass is 567 g/mol. The molecule has 0 radical (unpaired) electrons. The molecule has 6 rings (SSSR count). The van der Waals surface area contributed by atoms with Gasteiger partial charge >= 0.3 is 33.0 Å². The number of rotatable bonds is 4. The molecule has 0 aliphatic heterocycles. The molecular weight excluding hydrogens is 547 g/mol. The predicted octanol–water partition coefficient (Wildman–Crippen LogP) is 8.19. The normalized spacial score (nSPS) is 11.0. The van der Waals surface area contributed by atoms with Crippen LogP contribution in [0.15, 0.2) is 133 Å². The van der Waals surface area contributed by atoms with Crippen molar-refractivity contribution in [2.75, 3.05) is 0 Å². The fourth-order valence-electron chi connectivity index (χ4n) is 4.49. The molecule has 0 atom stereocenters. The van der Waals surface area contributed by atoms with Crippen LogP contribution in [0.1, 0.15) is 0 Å². The van der Waals surface area contributed by atoms with Gasteiger partial charge in [0.15, 0.2) is 0 Å². The van der Waals surface area contributed by atoms with Gasteiger partial charge in [-0.25, -0.2) is 4.98 Å². The molecule has 0 fully saturated rings. The van der Waals surface area contributed by atoms with Gasteiger partial charge in [0.2, 0.25) is 0 Å². The smallest absolute Gasteiger partial charge is 0.0792 e. The van der Waals surface area contributed by atoms with E-state index in [-0.39, 0.29) is 0 Å². The fourth-order valence-corrected chi connectivity index (χ4v) is 6.91. The van der Waals surface area contributed by atoms with E-state index in [4.69, 9.17) is 25.4 Å². The summed E-state index contributed by atoms with van der Waals surface area (Å²) in [6.45, 7) is 0. The van der Waals surface area contributed by atoms with Crippen LogP contribution >= 0.6 is 28.3 Å². The minimum Gasteiger partial charge on any atom is -0.247 e. The van der Waals surface area contributed by atoms with Crippen molar-refractivity contribution in [3.63, 3.8) is 0 Å². The Morgan fingerprint density at radius 3 is 1.78 bits per heavy atom. The molecule has 0 spiro atoms. The van der Waals surface area contributed by atoms with Crippen molar-refractivity contribution in [3.05, 3.63) is 133 Å². The second-order valence-corrected chi connectivity index (χ2v) is 11.9. The largest absolute Gasteiger partial charge is 0.247 e. The maximum atomic E-state index is 5.28. The van der Waals surface area contributed by atoms with Crippen LogP contribution in [-0.2, 0) is 12.7 Å². The quantitative estimate of drug-likeness (QED) is 0.154. The maximum absolute atomic E-state index is 5.28. The Morgan fingerprint density at radius 2 is 1.08 bits per heavy atom. The third kappa shape index (κ3) is 5.34. The Balaban J connectivity index is 0.000000848. The van der Waals surface area contributed by atoms with Gasteiger partial charge in [-0.3, -0.25) is 0 Å². The first-order valence-corrected chi connectivity index (χ1v) is 15.5. The zero-order valence-electron chi connectivity index (χ0n) is 19.2. The number of aromatic nitrogens is 1. The van der Waals surface area contributed by atoms with Crippen LogP contribution < -0.4 is 15.9 Å². The molecule has 1 heterocycles. The summed E-state index contributed by atoms with van der Waals surface area (Å²) in [5.74, 6) is 0. The molecule has 0 aliphatic rings. The molecular formula is C31H22Cl2NNiP. The summed E-state index contributed by atoms with van der Waals surface area (Å²) in [6.07, 6.45) is 0. The van der Waals surface area contributed by atoms with Gasteiger partial charge in [-0.2, -0.15) is 0 Å². The minimum absolute atomic E-state index is 0.569. The first kappa shape index (κ1) is 24.9. The van der Waals surface area contributed by atoms with Gasteiger partial charge in [0.1, 0.15) is 0 Å². The molecule has 0 bridgehead atoms. The van der Waals surface area contributed by atoms with E-state index in [1.165, 1.54) is 37.6 Å². The summed E-state index contributed by atoms with van der Waals surface area (Å²) in [5, 5.41) is 7.61. The van der Waals surface area contributed by atoms with Crippen LogP contribution in [0, 0.1) is 0 Å². The Kier molecular flexibility index (Phi) is 8.32. The van der Waals surface area contributed by atoms with E-state index in [0.29, 0.717) is 12.7 Å². The number of para-hydroxylation sites is 1. The van der Waals surface area contributed by atoms with Gasteiger partial charge in [0.05, 0.1) is 11.2 Å². The van der Waals surface area contributed by atoms with Gasteiger partial charge in [-0.15, -0.1) is 0 Å². The second-order valence-electron chi connectivity index (χ2n) is 8.12. The molecule has 0 saturated carbocycles. The summed E-state index contributed by atoms with van der Waals surface area (Å²) in [6, 6.07) is 47.6. The van der Waals surface area contributed by atoms with E-state index in [2.05, 4.69) is 133 Å². The van der Waals surface area contributed by atoms with E-state index < -0.39 is 7.92 Å². The molecule has 0 N–H and O–H groups in total. The van der Waals surface area contributed by atoms with Crippen LogP contribution in [0.2, 0.25) is 0 Å². The van der Waals surface area contributed by atoms with Gasteiger partial charge in [0, 0.05) is 16.3 Å². The van der Waals surface area contributed by atoms with Crippen LogP contribution in [0.4, 0.5) is 0 Å². The number of hydrogen-bond acceptors (Lipinski definition) is 1. The zero-order valence-corrected chi connectivity index (χ0v) is 22.6. The molecule has 1 nitrogen and oxygen atoms in total. The van der Waals surface area contributed by atoms with Gasteiger partial charge < -0.3 is 0 Å². The maximum Gasteiger partial charge on any atom is 0.0792 e. The Bertz CT molecular complexity index is 1550. The molecule has 0 aliphatic carbocycles. The van der Waals surface area contributed by atoms with Gasteiger partial charge in [-0.05, 0) is 35.4 Å². The van der Waals surface area contributed by atoms with Gasteiger partial charge in [-0.1, -0.05) is 127 Å². The zero-order chi connectivity index (χ0) is 24.7. The van der Waals surface area contributed by atoms with Crippen LogP contribution in [-0.4, -0.2) is 4.98 Å². The summed E-state index contributed by atoms with van der Waals surface area (Å²) in [5.41, 5.74) is 3.28. The standard InChI is InChI=1S/C31H22NP.2ClH.Ni/c1-3-14-25(15-4-1)33(26-16-5-2-6-17-26)30-20-10-13-24-21-22-29(32-31(24)30)28-19-9-12-23-11-7-8-18-27(23)28;;;/h1-22H;2*1H;/q;;;+2/p-2. The number of fused-ring (bicyclic) bond motifs is 2. The van der Waals surface area contributed by atoms with E-state index in [0.717, 1.165) is 11.2 Å². The number of halogens is 2. The average Bonchev–Trinajstić information content (AvgIpc) is 2.94. The van der Waals surface area contributed by atoms with Crippen molar-refractivity contribution in [1.82, 2.24) is 4.98 Å². The van der Waals surface area contributed by atoms with E-state index >= 15 is 0 Å². The van der Waals surface area contributed by atoms with Crippen molar-refractivity contribution in [3.8, 4) is 11.3 Å². The minimum atomic E-state index is -0.724. The van der Waals surface area contributed by atoms with Crippen LogP contribution in [0.5, 0.6) is 0 Å². The summed E-state index contributed by atoms with van der Waals surface area (Å²) < 4.78 is 0. The third-order valence-corrected chi connectivity index (χ3v) is 8.51. The summed E-state index contributed by atoms with van der Waals surface area (Å²) in [4.78, 5) is 5.28. The van der Waals surface area contributed by atoms with E-state index in [1.54, 1.807) is 0 Å². The number of benzene rings is 5. The van der Waals surface area contributed by atoms with Crippen LogP contribution in [0.25, 0.3) is 32.9 Å². The van der Waals surface area contributed by atoms with Crippen molar-refractivity contribution >= 4 is 65.9 Å². The average molecular weight is 569 g/mol. The summed E-state index contributed by atoms with van der Waals surface area (Å²) >= 11 is 0.569. The van der Waals surface area contributed by atoms with Crippen molar-refractivity contribution in [2.24, 2.45) is 0 Å². The van der Waals surface area contributed by atoms with Gasteiger partial charge in [0.25, 0.3) is 0 Å². The first-order chi connectivity index (χ1) is 17.8. The predicted molar refractivity (Wildman–Crippen MR) is 155 cm³/mol. The number of hydrogen-bond donors (Lipinski definition) is 0. The number of nitrogens with zero attached hydrogens (tertiary/aromatic N) is 1. The Morgan fingerprint density at radius 1 is 0.528 bits per heavy atom. The molecule has 0 amide bonds. The SMILES string of the molecule is [Cl][Ni][Cl].c1ccc(P(c2ccccc2)c2cccc3ccc(-c4cccc5ccccc45)nc23)cc1. The molecule has 5 heteroatoms. The Labute approximate surface area is 227 Å². The van der Waals surface area contributed by atoms with Crippen molar-refractivity contribution < 1.29 is 12.7 Å². The molecule has 1 aromatic heterocycles. The molecule has 180 valence electrons. The van der Waals surface area contributed by atoms with Crippen molar-refractivity contribution in [1.29, 1.82) is 0 Å². The summed E-state index contributed by atoms with van der Waals surface area (Å²) in [7, 11) is 8.68. The number of pyridine rings is 1. The first-order valence-electron chi connectivity index (χ1n) is 11.4. The molecule has 36 heavy (non-hydrogen) atoms. The van der Waals surface area contributed by atoms with E-state index in [1.807, 2.05) is 0 Å². The second kappa shape index (κ2) is 12.0. The van der Waals surface area contributed by atoms with E-state index in [9.17, 15) is 0 Å². The molecule has 0 unspecified atom stereocenters. The fraction of sp³-hybridized carbons (Fsp3) is 0. The molecule has 6 aromatic rings. The molecule has 0 saturated heterocycles. The van der Waals surface area contributed by atoms with Crippen LogP contribution in [0.3, 0.4) is 0 Å². The molecule has 5 aromatic carbocycles.